The Labute approximate surface area is 127 Å². The average Bonchev–Trinajstić information content (AvgIpc) is 2.41. The van der Waals surface area contributed by atoms with E-state index in [0.29, 0.717) is 27.1 Å². The number of nitrogens with zero attached hydrogens (tertiary/aromatic N) is 1. The molecule has 0 radical (unpaired) electrons. The van der Waals surface area contributed by atoms with Gasteiger partial charge in [-0.3, -0.25) is 4.79 Å². The molecule has 1 amide bonds. The third-order valence-corrected chi connectivity index (χ3v) is 4.27. The van der Waals surface area contributed by atoms with Crippen molar-refractivity contribution in [3.8, 4) is 0 Å². The van der Waals surface area contributed by atoms with E-state index in [1.165, 1.54) is 0 Å². The Morgan fingerprint density at radius 1 is 1.32 bits per heavy atom. The average molecular weight is 317 g/mol. The van der Waals surface area contributed by atoms with Crippen molar-refractivity contribution in [1.29, 1.82) is 0 Å². The molecule has 2 rings (SSSR count). The zero-order valence-electron chi connectivity index (χ0n) is 10.2. The van der Waals surface area contributed by atoms with Gasteiger partial charge in [0.25, 0.3) is 5.91 Å². The maximum absolute atomic E-state index is 12.5. The van der Waals surface area contributed by atoms with Crippen molar-refractivity contribution in [2.75, 3.05) is 6.54 Å². The van der Waals surface area contributed by atoms with Crippen LogP contribution in [-0.4, -0.2) is 28.4 Å². The van der Waals surface area contributed by atoms with Gasteiger partial charge in [-0.25, -0.2) is 0 Å². The zero-order valence-corrected chi connectivity index (χ0v) is 12.6. The molecule has 3 nitrogen and oxygen atoms in total. The van der Waals surface area contributed by atoms with Crippen molar-refractivity contribution in [3.05, 3.63) is 33.8 Å². The van der Waals surface area contributed by atoms with E-state index in [1.807, 2.05) is 0 Å². The summed E-state index contributed by atoms with van der Waals surface area (Å²) in [5.74, 6) is -0.101. The minimum Gasteiger partial charge on any atom is -0.392 e. The molecule has 1 unspecified atom stereocenters. The molecular formula is C13H14Cl2N2OS. The monoisotopic (exact) mass is 316 g/mol. The number of amides is 1. The van der Waals surface area contributed by atoms with Crippen molar-refractivity contribution in [1.82, 2.24) is 4.90 Å². The topological polar surface area (TPSA) is 46.3 Å². The van der Waals surface area contributed by atoms with Crippen LogP contribution in [0.15, 0.2) is 18.2 Å². The van der Waals surface area contributed by atoms with Crippen molar-refractivity contribution in [2.45, 2.75) is 25.3 Å². The summed E-state index contributed by atoms with van der Waals surface area (Å²) in [6.45, 7) is 0.668. The van der Waals surface area contributed by atoms with Crippen LogP contribution in [0.25, 0.3) is 0 Å². The summed E-state index contributed by atoms with van der Waals surface area (Å²) in [6, 6.07) is 4.71. The van der Waals surface area contributed by atoms with Gasteiger partial charge < -0.3 is 10.6 Å². The fourth-order valence-electron chi connectivity index (χ4n) is 2.27. The molecule has 1 aromatic rings. The molecule has 1 aliphatic rings. The first kappa shape index (κ1) is 14.6. The van der Waals surface area contributed by atoms with Gasteiger partial charge in [0.15, 0.2) is 0 Å². The number of piperidine rings is 1. The molecule has 1 saturated heterocycles. The van der Waals surface area contributed by atoms with Crippen LogP contribution < -0.4 is 5.73 Å². The minimum absolute atomic E-state index is 0.101. The first-order valence-electron chi connectivity index (χ1n) is 6.06. The van der Waals surface area contributed by atoms with E-state index < -0.39 is 0 Å². The number of benzene rings is 1. The molecule has 6 heteroatoms. The van der Waals surface area contributed by atoms with Crippen LogP contribution in [0.4, 0.5) is 0 Å². The van der Waals surface area contributed by atoms with Crippen LogP contribution in [0, 0.1) is 0 Å². The third-order valence-electron chi connectivity index (χ3n) is 3.26. The second kappa shape index (κ2) is 6.07. The number of halogens is 2. The number of likely N-dealkylation sites (tertiary alicyclic amines) is 1. The predicted molar refractivity (Wildman–Crippen MR) is 81.9 cm³/mol. The zero-order chi connectivity index (χ0) is 14.0. The molecule has 0 saturated carbocycles. The van der Waals surface area contributed by atoms with Gasteiger partial charge in [-0.2, -0.15) is 0 Å². The number of hydrogen-bond donors (Lipinski definition) is 1. The first-order chi connectivity index (χ1) is 9.00. The van der Waals surface area contributed by atoms with Crippen LogP contribution in [0.5, 0.6) is 0 Å². The molecule has 1 fully saturated rings. The van der Waals surface area contributed by atoms with Crippen LogP contribution in [0.2, 0.25) is 10.0 Å². The molecule has 1 aromatic carbocycles. The molecule has 1 atom stereocenters. The predicted octanol–water partition coefficient (Wildman–Crippen LogP) is 3.27. The summed E-state index contributed by atoms with van der Waals surface area (Å²) in [5, 5.41) is 0.805. The van der Waals surface area contributed by atoms with Crippen molar-refractivity contribution < 1.29 is 4.79 Å². The van der Waals surface area contributed by atoms with Crippen LogP contribution in [0.1, 0.15) is 29.6 Å². The molecule has 0 spiro atoms. The highest BCUT2D eigenvalue weighted by molar-refractivity contribution is 7.80. The summed E-state index contributed by atoms with van der Waals surface area (Å²) in [4.78, 5) is 14.6. The lowest BCUT2D eigenvalue weighted by atomic mass is 10.0. The van der Waals surface area contributed by atoms with Crippen molar-refractivity contribution in [3.63, 3.8) is 0 Å². The van der Waals surface area contributed by atoms with E-state index in [0.717, 1.165) is 19.3 Å². The molecule has 0 aromatic heterocycles. The van der Waals surface area contributed by atoms with Gasteiger partial charge in [0.2, 0.25) is 0 Å². The van der Waals surface area contributed by atoms with Gasteiger partial charge in [0.05, 0.1) is 21.1 Å². The van der Waals surface area contributed by atoms with Crippen LogP contribution in [-0.2, 0) is 0 Å². The standard InChI is InChI=1S/C13H14Cl2N2OS/c14-9-5-4-8(7-10(9)15)13(18)17-6-2-1-3-11(17)12(16)19/h4-5,7,11H,1-3,6H2,(H2,16,19). The van der Waals surface area contributed by atoms with Gasteiger partial charge in [0, 0.05) is 12.1 Å². The highest BCUT2D eigenvalue weighted by Gasteiger charge is 2.29. The number of carbonyl (C=O) groups is 1. The Kier molecular flexibility index (Phi) is 4.66. The number of rotatable bonds is 2. The van der Waals surface area contributed by atoms with E-state index in [1.54, 1.807) is 23.1 Å². The van der Waals surface area contributed by atoms with Crippen LogP contribution in [0.3, 0.4) is 0 Å². The smallest absolute Gasteiger partial charge is 0.254 e. The van der Waals surface area contributed by atoms with E-state index in [9.17, 15) is 4.79 Å². The number of thiocarbonyl (C=S) groups is 1. The van der Waals surface area contributed by atoms with E-state index in [4.69, 9.17) is 41.2 Å². The van der Waals surface area contributed by atoms with Crippen molar-refractivity contribution in [2.24, 2.45) is 5.73 Å². The number of nitrogens with two attached hydrogens (primary N) is 1. The maximum Gasteiger partial charge on any atom is 0.254 e. The summed E-state index contributed by atoms with van der Waals surface area (Å²) in [6.07, 6.45) is 2.82. The Morgan fingerprint density at radius 2 is 2.05 bits per heavy atom. The molecule has 2 N–H and O–H groups in total. The normalized spacial score (nSPS) is 19.3. The summed E-state index contributed by atoms with van der Waals surface area (Å²) in [5.41, 5.74) is 6.23. The molecule has 102 valence electrons. The lowest BCUT2D eigenvalue weighted by Gasteiger charge is -2.35. The quantitative estimate of drug-likeness (QED) is 0.852. The Morgan fingerprint density at radius 3 is 2.68 bits per heavy atom. The Bertz CT molecular complexity index is 521. The fourth-order valence-corrected chi connectivity index (χ4v) is 2.81. The SMILES string of the molecule is NC(=S)C1CCCCN1C(=O)c1ccc(Cl)c(Cl)c1. The van der Waals surface area contributed by atoms with Gasteiger partial charge in [-0.1, -0.05) is 35.4 Å². The number of hydrogen-bond acceptors (Lipinski definition) is 2. The van der Waals surface area contributed by atoms with E-state index in [2.05, 4.69) is 0 Å². The fraction of sp³-hybridized carbons (Fsp3) is 0.385. The molecular weight excluding hydrogens is 303 g/mol. The lowest BCUT2D eigenvalue weighted by Crippen LogP contribution is -2.49. The molecule has 1 aliphatic heterocycles. The Balaban J connectivity index is 2.26. The minimum atomic E-state index is -0.161. The van der Waals surface area contributed by atoms with Gasteiger partial charge in [-0.15, -0.1) is 0 Å². The second-order valence-electron chi connectivity index (χ2n) is 4.54. The summed E-state index contributed by atoms with van der Waals surface area (Å²) in [7, 11) is 0. The van der Waals surface area contributed by atoms with Gasteiger partial charge in [0.1, 0.15) is 0 Å². The summed E-state index contributed by atoms with van der Waals surface area (Å²) >= 11 is 16.8. The largest absolute Gasteiger partial charge is 0.392 e. The maximum atomic E-state index is 12.5. The first-order valence-corrected chi connectivity index (χ1v) is 7.22. The van der Waals surface area contributed by atoms with Gasteiger partial charge in [-0.05, 0) is 37.5 Å². The highest BCUT2D eigenvalue weighted by atomic mass is 35.5. The lowest BCUT2D eigenvalue weighted by molar-refractivity contribution is 0.0681. The van der Waals surface area contributed by atoms with Gasteiger partial charge >= 0.3 is 0 Å². The third kappa shape index (κ3) is 3.19. The second-order valence-corrected chi connectivity index (χ2v) is 5.83. The molecule has 19 heavy (non-hydrogen) atoms. The van der Waals surface area contributed by atoms with Crippen molar-refractivity contribution >= 4 is 46.3 Å². The highest BCUT2D eigenvalue weighted by Crippen LogP contribution is 2.25. The molecule has 1 heterocycles. The number of carbonyl (C=O) groups excluding carboxylic acids is 1. The Hall–Kier alpha value is -0.840. The molecule has 0 aliphatic carbocycles. The van der Waals surface area contributed by atoms with E-state index in [-0.39, 0.29) is 11.9 Å². The van der Waals surface area contributed by atoms with Crippen LogP contribution >= 0.6 is 35.4 Å². The molecule has 0 bridgehead atoms. The summed E-state index contributed by atoms with van der Waals surface area (Å²) < 4.78 is 0. The van der Waals surface area contributed by atoms with E-state index >= 15 is 0 Å².